The minimum absolute atomic E-state index is 0.197. The van der Waals surface area contributed by atoms with E-state index in [0.29, 0.717) is 0 Å². The molecule has 0 aromatic rings. The van der Waals surface area contributed by atoms with Crippen LogP contribution >= 0.6 is 7.60 Å². The van der Waals surface area contributed by atoms with Crippen molar-refractivity contribution in [3.05, 3.63) is 0 Å². The fourth-order valence-corrected chi connectivity index (χ4v) is 3.09. The van der Waals surface area contributed by atoms with Crippen LogP contribution in [-0.4, -0.2) is 49.4 Å². The molecule has 0 aliphatic heterocycles. The zero-order valence-electron chi connectivity index (χ0n) is 11.9. The molecule has 0 N–H and O–H groups in total. The summed E-state index contributed by atoms with van der Waals surface area (Å²) in [4.78, 5) is 23.9. The Hall–Kier alpha value is -0.910. The zero-order valence-corrected chi connectivity index (χ0v) is 12.8. The molecule has 112 valence electrons. The molecule has 0 aromatic heterocycles. The highest BCUT2D eigenvalue weighted by Gasteiger charge is 2.29. The van der Waals surface area contributed by atoms with Crippen LogP contribution in [-0.2, 0) is 27.9 Å². The predicted octanol–water partition coefficient (Wildman–Crippen LogP) is 1.62. The number of carbonyl (C=O) groups excluding carboxylic acids is 2. The molecular weight excluding hydrogens is 273 g/mol. The van der Waals surface area contributed by atoms with E-state index in [1.165, 1.54) is 6.92 Å². The molecule has 0 rings (SSSR count). The monoisotopic (exact) mass is 295 g/mol. The standard InChI is InChI=1S/C11H22NO6P/c1-5-16-11(14)8-12(10(4)13)9-19(15,17-6-2)18-7-3/h5-9H2,1-4H3. The van der Waals surface area contributed by atoms with Crippen molar-refractivity contribution in [1.29, 1.82) is 0 Å². The number of hydrogen-bond acceptors (Lipinski definition) is 6. The Morgan fingerprint density at radius 2 is 1.58 bits per heavy atom. The summed E-state index contributed by atoms with van der Waals surface area (Å²) in [5, 5.41) is 0. The van der Waals surface area contributed by atoms with E-state index in [-0.39, 0.29) is 32.7 Å². The van der Waals surface area contributed by atoms with Gasteiger partial charge >= 0.3 is 13.6 Å². The van der Waals surface area contributed by atoms with E-state index in [0.717, 1.165) is 4.90 Å². The highest BCUT2D eigenvalue weighted by molar-refractivity contribution is 7.53. The Kier molecular flexibility index (Phi) is 8.63. The van der Waals surface area contributed by atoms with Gasteiger partial charge in [0.05, 0.1) is 19.8 Å². The third-order valence-corrected chi connectivity index (χ3v) is 4.06. The molecule has 1 amide bonds. The second kappa shape index (κ2) is 9.07. The lowest BCUT2D eigenvalue weighted by atomic mass is 10.5. The highest BCUT2D eigenvalue weighted by Crippen LogP contribution is 2.48. The lowest BCUT2D eigenvalue weighted by Gasteiger charge is -2.25. The predicted molar refractivity (Wildman–Crippen MR) is 69.7 cm³/mol. The van der Waals surface area contributed by atoms with Crippen LogP contribution in [0, 0.1) is 0 Å². The minimum Gasteiger partial charge on any atom is -0.465 e. The van der Waals surface area contributed by atoms with E-state index in [9.17, 15) is 14.2 Å². The minimum atomic E-state index is -3.41. The van der Waals surface area contributed by atoms with Crippen molar-refractivity contribution in [2.75, 3.05) is 32.7 Å². The molecule has 0 bridgehead atoms. The molecule has 0 unspecified atom stereocenters. The first-order valence-electron chi connectivity index (χ1n) is 6.17. The van der Waals surface area contributed by atoms with Crippen molar-refractivity contribution in [3.8, 4) is 0 Å². The summed E-state index contributed by atoms with van der Waals surface area (Å²) in [6, 6.07) is 0. The van der Waals surface area contributed by atoms with Gasteiger partial charge in [-0.15, -0.1) is 0 Å². The van der Waals surface area contributed by atoms with Gasteiger partial charge in [0.1, 0.15) is 12.8 Å². The van der Waals surface area contributed by atoms with Crippen molar-refractivity contribution in [1.82, 2.24) is 4.90 Å². The molecule has 0 fully saturated rings. The van der Waals surface area contributed by atoms with Gasteiger partial charge in [-0.2, -0.15) is 0 Å². The van der Waals surface area contributed by atoms with E-state index in [1.807, 2.05) is 0 Å². The number of ether oxygens (including phenoxy) is 1. The average Bonchev–Trinajstić information content (AvgIpc) is 2.28. The molecule has 0 radical (unpaired) electrons. The number of hydrogen-bond donors (Lipinski definition) is 0. The number of carbonyl (C=O) groups is 2. The molecule has 0 aliphatic carbocycles. The Bertz CT molecular complexity index is 336. The van der Waals surface area contributed by atoms with Gasteiger partial charge in [0.15, 0.2) is 0 Å². The average molecular weight is 295 g/mol. The topological polar surface area (TPSA) is 82.1 Å². The lowest BCUT2D eigenvalue weighted by molar-refractivity contribution is -0.147. The van der Waals surface area contributed by atoms with Crippen LogP contribution in [0.4, 0.5) is 0 Å². The quantitative estimate of drug-likeness (QED) is 0.475. The molecule has 8 heteroatoms. The molecule has 0 spiro atoms. The normalized spacial score (nSPS) is 11.2. The Balaban J connectivity index is 4.75. The third-order valence-electron chi connectivity index (χ3n) is 2.07. The van der Waals surface area contributed by atoms with Gasteiger partial charge in [0.2, 0.25) is 5.91 Å². The third kappa shape index (κ3) is 7.30. The summed E-state index contributed by atoms with van der Waals surface area (Å²) in [6.07, 6.45) is -0.261. The van der Waals surface area contributed by atoms with Crippen molar-refractivity contribution >= 4 is 19.5 Å². The summed E-state index contributed by atoms with van der Waals surface area (Å²) in [7, 11) is -3.41. The first-order chi connectivity index (χ1) is 8.88. The van der Waals surface area contributed by atoms with E-state index >= 15 is 0 Å². The van der Waals surface area contributed by atoms with Crippen LogP contribution in [0.2, 0.25) is 0 Å². The second-order valence-corrected chi connectivity index (χ2v) is 5.63. The fraction of sp³-hybridized carbons (Fsp3) is 0.818. The summed E-state index contributed by atoms with van der Waals surface area (Å²) >= 11 is 0. The van der Waals surface area contributed by atoms with Crippen molar-refractivity contribution in [2.45, 2.75) is 27.7 Å². The summed E-state index contributed by atoms with van der Waals surface area (Å²) in [5.41, 5.74) is 0. The Labute approximate surface area is 113 Å². The smallest absolute Gasteiger partial charge is 0.349 e. The first kappa shape index (κ1) is 18.1. The van der Waals surface area contributed by atoms with Crippen molar-refractivity contribution in [2.24, 2.45) is 0 Å². The number of amides is 1. The van der Waals surface area contributed by atoms with Crippen molar-refractivity contribution in [3.63, 3.8) is 0 Å². The van der Waals surface area contributed by atoms with Gasteiger partial charge in [-0.25, -0.2) is 0 Å². The fourth-order valence-electron chi connectivity index (χ4n) is 1.34. The largest absolute Gasteiger partial charge is 0.465 e. The molecule has 0 saturated heterocycles. The molecular formula is C11H22NO6P. The van der Waals surface area contributed by atoms with Gasteiger partial charge in [-0.3, -0.25) is 14.2 Å². The van der Waals surface area contributed by atoms with Gasteiger partial charge < -0.3 is 18.7 Å². The maximum atomic E-state index is 12.3. The lowest BCUT2D eigenvalue weighted by Crippen LogP contribution is -2.36. The van der Waals surface area contributed by atoms with Crippen molar-refractivity contribution < 1.29 is 27.9 Å². The van der Waals surface area contributed by atoms with Crippen LogP contribution in [0.25, 0.3) is 0 Å². The first-order valence-corrected chi connectivity index (χ1v) is 7.90. The van der Waals surface area contributed by atoms with Gasteiger partial charge in [-0.1, -0.05) is 0 Å². The molecule has 0 atom stereocenters. The molecule has 7 nitrogen and oxygen atoms in total. The van der Waals surface area contributed by atoms with Crippen LogP contribution in [0.15, 0.2) is 0 Å². The zero-order chi connectivity index (χ0) is 14.9. The van der Waals surface area contributed by atoms with Crippen LogP contribution in [0.1, 0.15) is 27.7 Å². The van der Waals surface area contributed by atoms with Gasteiger partial charge in [0, 0.05) is 6.92 Å². The summed E-state index contributed by atoms with van der Waals surface area (Å²) < 4.78 is 27.2. The molecule has 0 saturated carbocycles. The molecule has 19 heavy (non-hydrogen) atoms. The maximum absolute atomic E-state index is 12.3. The summed E-state index contributed by atoms with van der Waals surface area (Å²) in [6.45, 7) is 6.64. The van der Waals surface area contributed by atoms with E-state index < -0.39 is 19.5 Å². The van der Waals surface area contributed by atoms with Crippen LogP contribution < -0.4 is 0 Å². The van der Waals surface area contributed by atoms with Crippen LogP contribution in [0.5, 0.6) is 0 Å². The highest BCUT2D eigenvalue weighted by atomic mass is 31.2. The molecule has 0 heterocycles. The van der Waals surface area contributed by atoms with Gasteiger partial charge in [-0.05, 0) is 20.8 Å². The van der Waals surface area contributed by atoms with Crippen LogP contribution in [0.3, 0.4) is 0 Å². The molecule has 0 aliphatic rings. The van der Waals surface area contributed by atoms with E-state index in [4.69, 9.17) is 13.8 Å². The number of esters is 1. The van der Waals surface area contributed by atoms with Gasteiger partial charge in [0.25, 0.3) is 0 Å². The Morgan fingerprint density at radius 3 is 1.95 bits per heavy atom. The number of nitrogens with zero attached hydrogens (tertiary/aromatic N) is 1. The Morgan fingerprint density at radius 1 is 1.05 bits per heavy atom. The van der Waals surface area contributed by atoms with E-state index in [2.05, 4.69) is 0 Å². The maximum Gasteiger partial charge on any atom is 0.349 e. The second-order valence-electron chi connectivity index (χ2n) is 3.61. The van der Waals surface area contributed by atoms with E-state index in [1.54, 1.807) is 20.8 Å². The molecule has 0 aromatic carbocycles. The summed E-state index contributed by atoms with van der Waals surface area (Å²) in [5.74, 6) is -0.954. The SMILES string of the molecule is CCOC(=O)CN(CP(=O)(OCC)OCC)C(C)=O. The number of rotatable bonds is 9.